The van der Waals surface area contributed by atoms with Crippen LogP contribution in [0.5, 0.6) is 0 Å². The van der Waals surface area contributed by atoms with Gasteiger partial charge in [0.05, 0.1) is 19.3 Å². The Morgan fingerprint density at radius 2 is 2.35 bits per heavy atom. The fourth-order valence-corrected chi connectivity index (χ4v) is 1.91. The molecule has 2 rings (SSSR count). The molecule has 0 radical (unpaired) electrons. The Balaban J connectivity index is 2.20. The monoisotopic (exact) mass is 239 g/mol. The molecule has 0 saturated carbocycles. The van der Waals surface area contributed by atoms with E-state index in [1.165, 1.54) is 12.1 Å². The van der Waals surface area contributed by atoms with Crippen LogP contribution in [0.15, 0.2) is 18.2 Å². The summed E-state index contributed by atoms with van der Waals surface area (Å²) in [6, 6.07) is 4.21. The number of aldehydes is 1. The number of hydrogen-bond acceptors (Lipinski definition) is 4. The van der Waals surface area contributed by atoms with Gasteiger partial charge in [-0.1, -0.05) is 0 Å². The molecule has 0 aromatic heterocycles. The number of aliphatic hydroxyl groups excluding tert-OH is 1. The molecule has 1 aromatic carbocycles. The molecular formula is C12H14FNO3. The number of carbonyl (C=O) groups excluding carboxylic acids is 1. The lowest BCUT2D eigenvalue weighted by Gasteiger charge is -2.33. The first-order chi connectivity index (χ1) is 8.22. The molecule has 0 amide bonds. The average molecular weight is 239 g/mol. The van der Waals surface area contributed by atoms with Crippen molar-refractivity contribution in [2.75, 3.05) is 31.2 Å². The lowest BCUT2D eigenvalue weighted by molar-refractivity contribution is 0.00355. The first-order valence-corrected chi connectivity index (χ1v) is 5.46. The number of nitrogens with zero attached hydrogens (tertiary/aromatic N) is 1. The van der Waals surface area contributed by atoms with Crippen LogP contribution < -0.4 is 4.90 Å². The SMILES string of the molecule is O=Cc1cc(F)cc(N2CCOC(CO)C2)c1. The zero-order chi connectivity index (χ0) is 12.3. The maximum atomic E-state index is 13.3. The number of rotatable bonds is 3. The third kappa shape index (κ3) is 2.81. The minimum atomic E-state index is -0.434. The van der Waals surface area contributed by atoms with E-state index in [4.69, 9.17) is 9.84 Å². The second kappa shape index (κ2) is 5.25. The van der Waals surface area contributed by atoms with Gasteiger partial charge in [0.15, 0.2) is 0 Å². The molecule has 4 nitrogen and oxygen atoms in total. The van der Waals surface area contributed by atoms with Gasteiger partial charge in [-0.3, -0.25) is 4.79 Å². The lowest BCUT2D eigenvalue weighted by Crippen LogP contribution is -2.44. The van der Waals surface area contributed by atoms with Gasteiger partial charge >= 0.3 is 0 Å². The van der Waals surface area contributed by atoms with Gasteiger partial charge in [0, 0.05) is 24.3 Å². The van der Waals surface area contributed by atoms with Crippen LogP contribution in [0.4, 0.5) is 10.1 Å². The number of hydrogen-bond donors (Lipinski definition) is 1. The highest BCUT2D eigenvalue weighted by Gasteiger charge is 2.20. The Hall–Kier alpha value is -1.46. The number of carbonyl (C=O) groups is 1. The topological polar surface area (TPSA) is 49.8 Å². The number of ether oxygens (including phenoxy) is 1. The molecule has 1 N–H and O–H groups in total. The highest BCUT2D eigenvalue weighted by atomic mass is 19.1. The molecule has 1 fully saturated rings. The van der Waals surface area contributed by atoms with Crippen molar-refractivity contribution in [1.29, 1.82) is 0 Å². The Morgan fingerprint density at radius 3 is 3.06 bits per heavy atom. The average Bonchev–Trinajstić information content (AvgIpc) is 2.38. The third-order valence-electron chi connectivity index (χ3n) is 2.75. The summed E-state index contributed by atoms with van der Waals surface area (Å²) in [4.78, 5) is 12.6. The van der Waals surface area contributed by atoms with Crippen molar-refractivity contribution in [1.82, 2.24) is 0 Å². The second-order valence-corrected chi connectivity index (χ2v) is 3.98. The molecule has 0 aliphatic carbocycles. The predicted octanol–water partition coefficient (Wildman–Crippen LogP) is 0.836. The molecular weight excluding hydrogens is 225 g/mol. The first-order valence-electron chi connectivity index (χ1n) is 5.46. The molecule has 1 aliphatic rings. The summed E-state index contributed by atoms with van der Waals surface area (Å²) in [6.07, 6.45) is 0.364. The van der Waals surface area contributed by atoms with Gasteiger partial charge in [0.1, 0.15) is 12.1 Å². The normalized spacial score (nSPS) is 20.4. The van der Waals surface area contributed by atoms with Crippen LogP contribution in [0.25, 0.3) is 0 Å². The molecule has 92 valence electrons. The van der Waals surface area contributed by atoms with Gasteiger partial charge in [0.25, 0.3) is 0 Å². The fourth-order valence-electron chi connectivity index (χ4n) is 1.91. The van der Waals surface area contributed by atoms with Crippen molar-refractivity contribution >= 4 is 12.0 Å². The van der Waals surface area contributed by atoms with Crippen LogP contribution in [0.3, 0.4) is 0 Å². The molecule has 17 heavy (non-hydrogen) atoms. The van der Waals surface area contributed by atoms with Gasteiger partial charge < -0.3 is 14.7 Å². The lowest BCUT2D eigenvalue weighted by atomic mass is 10.1. The van der Waals surface area contributed by atoms with Gasteiger partial charge in [-0.25, -0.2) is 4.39 Å². The second-order valence-electron chi connectivity index (χ2n) is 3.98. The molecule has 1 unspecified atom stereocenters. The molecule has 1 saturated heterocycles. The van der Waals surface area contributed by atoms with E-state index >= 15 is 0 Å². The zero-order valence-electron chi connectivity index (χ0n) is 9.30. The largest absolute Gasteiger partial charge is 0.394 e. The van der Waals surface area contributed by atoms with Crippen LogP contribution in [0.1, 0.15) is 10.4 Å². The Labute approximate surface area is 98.6 Å². The summed E-state index contributed by atoms with van der Waals surface area (Å²) >= 11 is 0. The van der Waals surface area contributed by atoms with Crippen molar-refractivity contribution in [3.63, 3.8) is 0 Å². The van der Waals surface area contributed by atoms with Crippen LogP contribution >= 0.6 is 0 Å². The highest BCUT2D eigenvalue weighted by molar-refractivity contribution is 5.77. The molecule has 1 aromatic rings. The third-order valence-corrected chi connectivity index (χ3v) is 2.75. The van der Waals surface area contributed by atoms with E-state index in [9.17, 15) is 9.18 Å². The molecule has 1 aliphatic heterocycles. The smallest absolute Gasteiger partial charge is 0.150 e. The molecule has 5 heteroatoms. The van der Waals surface area contributed by atoms with Crippen LogP contribution in [-0.2, 0) is 4.74 Å². The zero-order valence-corrected chi connectivity index (χ0v) is 9.30. The van der Waals surface area contributed by atoms with Crippen molar-refractivity contribution in [2.45, 2.75) is 6.10 Å². The number of anilines is 1. The van der Waals surface area contributed by atoms with Gasteiger partial charge in [-0.2, -0.15) is 0 Å². The van der Waals surface area contributed by atoms with Crippen LogP contribution in [0.2, 0.25) is 0 Å². The molecule has 1 atom stereocenters. The Bertz CT molecular complexity index is 411. The molecule has 0 bridgehead atoms. The minimum absolute atomic E-state index is 0.0631. The van der Waals surface area contributed by atoms with Crippen molar-refractivity contribution in [3.05, 3.63) is 29.6 Å². The van der Waals surface area contributed by atoms with E-state index < -0.39 is 5.82 Å². The highest BCUT2D eigenvalue weighted by Crippen LogP contribution is 2.20. The van der Waals surface area contributed by atoms with Crippen molar-refractivity contribution in [3.8, 4) is 0 Å². The Morgan fingerprint density at radius 1 is 1.53 bits per heavy atom. The Kier molecular flexibility index (Phi) is 3.71. The standard InChI is InChI=1S/C12H14FNO3/c13-10-3-9(7-15)4-11(5-10)14-1-2-17-12(6-14)8-16/h3-5,7,12,16H,1-2,6,8H2. The number of morpholine rings is 1. The number of benzene rings is 1. The maximum Gasteiger partial charge on any atom is 0.150 e. The summed E-state index contributed by atoms with van der Waals surface area (Å²) in [5.74, 6) is -0.434. The molecule has 1 heterocycles. The van der Waals surface area contributed by atoms with E-state index in [2.05, 4.69) is 0 Å². The van der Waals surface area contributed by atoms with Gasteiger partial charge in [0.2, 0.25) is 0 Å². The molecule has 0 spiro atoms. The first kappa shape index (κ1) is 12.0. The van der Waals surface area contributed by atoms with E-state index in [1.54, 1.807) is 6.07 Å². The minimum Gasteiger partial charge on any atom is -0.394 e. The summed E-state index contributed by atoms with van der Waals surface area (Å²) in [7, 11) is 0. The predicted molar refractivity (Wildman–Crippen MR) is 60.8 cm³/mol. The summed E-state index contributed by atoms with van der Waals surface area (Å²) in [5, 5.41) is 9.03. The summed E-state index contributed by atoms with van der Waals surface area (Å²) < 4.78 is 18.6. The quantitative estimate of drug-likeness (QED) is 0.794. The van der Waals surface area contributed by atoms with Crippen LogP contribution in [0, 0.1) is 5.82 Å². The van der Waals surface area contributed by atoms with E-state index in [0.717, 1.165) is 0 Å². The summed E-state index contributed by atoms with van der Waals surface area (Å²) in [6.45, 7) is 1.54. The van der Waals surface area contributed by atoms with Crippen molar-refractivity contribution in [2.24, 2.45) is 0 Å². The van der Waals surface area contributed by atoms with E-state index in [0.29, 0.717) is 37.2 Å². The van der Waals surface area contributed by atoms with Crippen molar-refractivity contribution < 1.29 is 19.0 Å². The van der Waals surface area contributed by atoms with Gasteiger partial charge in [-0.05, 0) is 18.2 Å². The van der Waals surface area contributed by atoms with E-state index in [1.807, 2.05) is 4.90 Å². The number of halogens is 1. The summed E-state index contributed by atoms with van der Waals surface area (Å²) in [5.41, 5.74) is 0.959. The number of aliphatic hydroxyl groups is 1. The van der Waals surface area contributed by atoms with E-state index in [-0.39, 0.29) is 12.7 Å². The fraction of sp³-hybridized carbons (Fsp3) is 0.417. The maximum absolute atomic E-state index is 13.3. The van der Waals surface area contributed by atoms with Gasteiger partial charge in [-0.15, -0.1) is 0 Å². The van der Waals surface area contributed by atoms with Crippen LogP contribution in [-0.4, -0.2) is 43.8 Å².